The summed E-state index contributed by atoms with van der Waals surface area (Å²) in [7, 11) is 0. The fourth-order valence-corrected chi connectivity index (χ4v) is 3.37. The topological polar surface area (TPSA) is 51.3 Å². The molecular weight excluding hydrogens is 378 g/mol. The van der Waals surface area contributed by atoms with Crippen LogP contribution in [0.15, 0.2) is 34.8 Å². The third-order valence-electron chi connectivity index (χ3n) is 4.26. The van der Waals surface area contributed by atoms with Gasteiger partial charge in [0, 0.05) is 40.7 Å². The molecule has 6 heteroatoms. The number of nitrogens with zero attached hydrogens (tertiary/aromatic N) is 2. The van der Waals surface area contributed by atoms with Crippen LogP contribution >= 0.6 is 28.3 Å². The molecule has 1 aliphatic heterocycles. The Morgan fingerprint density at radius 1 is 1.26 bits per heavy atom. The number of hydrogen-bond acceptors (Lipinski definition) is 2. The van der Waals surface area contributed by atoms with Crippen molar-refractivity contribution in [1.82, 2.24) is 9.47 Å². The maximum absolute atomic E-state index is 12.7. The van der Waals surface area contributed by atoms with Gasteiger partial charge in [-0.2, -0.15) is 0 Å². The molecule has 1 aromatic heterocycles. The Hall–Kier alpha value is -1.30. The average Bonchev–Trinajstić information content (AvgIpc) is 3.04. The quantitative estimate of drug-likeness (QED) is 0.842. The zero-order valence-electron chi connectivity index (χ0n) is 13.3. The van der Waals surface area contributed by atoms with Gasteiger partial charge >= 0.3 is 0 Å². The molecule has 0 unspecified atom stereocenters. The third kappa shape index (κ3) is 3.47. The second kappa shape index (κ2) is 7.07. The summed E-state index contributed by atoms with van der Waals surface area (Å²) in [5, 5.41) is 0. The SMILES string of the molecule is Cc1cc(C(=O)N2CC[C@@H](N)C2)c(C)n1-c1ccc(Br)cc1.Cl. The summed E-state index contributed by atoms with van der Waals surface area (Å²) in [6, 6.07) is 10.2. The summed E-state index contributed by atoms with van der Waals surface area (Å²) in [6.07, 6.45) is 0.886. The number of aromatic nitrogens is 1. The van der Waals surface area contributed by atoms with E-state index >= 15 is 0 Å². The predicted octanol–water partition coefficient (Wildman–Crippen LogP) is 3.45. The van der Waals surface area contributed by atoms with Crippen molar-refractivity contribution in [2.45, 2.75) is 26.3 Å². The van der Waals surface area contributed by atoms with Crippen LogP contribution in [0.2, 0.25) is 0 Å². The average molecular weight is 399 g/mol. The van der Waals surface area contributed by atoms with Gasteiger partial charge in [0.1, 0.15) is 0 Å². The van der Waals surface area contributed by atoms with Crippen molar-refractivity contribution < 1.29 is 4.79 Å². The highest BCUT2D eigenvalue weighted by molar-refractivity contribution is 9.10. The number of rotatable bonds is 2. The molecule has 0 saturated carbocycles. The van der Waals surface area contributed by atoms with E-state index < -0.39 is 0 Å². The highest BCUT2D eigenvalue weighted by Crippen LogP contribution is 2.24. The Morgan fingerprint density at radius 2 is 1.91 bits per heavy atom. The molecule has 1 aliphatic rings. The van der Waals surface area contributed by atoms with Gasteiger partial charge < -0.3 is 15.2 Å². The van der Waals surface area contributed by atoms with Gasteiger partial charge in [0.2, 0.25) is 0 Å². The maximum atomic E-state index is 12.7. The van der Waals surface area contributed by atoms with Crippen molar-refractivity contribution in [2.75, 3.05) is 13.1 Å². The summed E-state index contributed by atoms with van der Waals surface area (Å²) in [6.45, 7) is 5.43. The Labute approximate surface area is 151 Å². The first kappa shape index (κ1) is 18.0. The molecule has 2 heterocycles. The Bertz CT molecular complexity index is 711. The van der Waals surface area contributed by atoms with Gasteiger partial charge in [0.15, 0.2) is 0 Å². The maximum Gasteiger partial charge on any atom is 0.255 e. The van der Waals surface area contributed by atoms with Crippen molar-refractivity contribution in [3.63, 3.8) is 0 Å². The van der Waals surface area contributed by atoms with E-state index in [4.69, 9.17) is 5.73 Å². The minimum Gasteiger partial charge on any atom is -0.337 e. The lowest BCUT2D eigenvalue weighted by Crippen LogP contribution is -2.32. The molecule has 124 valence electrons. The van der Waals surface area contributed by atoms with Gasteiger partial charge in [-0.15, -0.1) is 12.4 Å². The van der Waals surface area contributed by atoms with E-state index in [9.17, 15) is 4.79 Å². The molecule has 0 spiro atoms. The number of carbonyl (C=O) groups is 1. The predicted molar refractivity (Wildman–Crippen MR) is 98.7 cm³/mol. The van der Waals surface area contributed by atoms with Crippen LogP contribution in [-0.2, 0) is 0 Å². The Morgan fingerprint density at radius 3 is 2.48 bits per heavy atom. The molecule has 0 aliphatic carbocycles. The van der Waals surface area contributed by atoms with Crippen LogP contribution in [0.5, 0.6) is 0 Å². The number of likely N-dealkylation sites (tertiary alicyclic amines) is 1. The molecule has 4 nitrogen and oxygen atoms in total. The van der Waals surface area contributed by atoms with Gasteiger partial charge in [0.25, 0.3) is 5.91 Å². The molecule has 0 bridgehead atoms. The second-order valence-electron chi connectivity index (χ2n) is 5.90. The number of carbonyl (C=O) groups excluding carboxylic acids is 1. The zero-order valence-corrected chi connectivity index (χ0v) is 15.7. The third-order valence-corrected chi connectivity index (χ3v) is 4.79. The molecule has 2 N–H and O–H groups in total. The van der Waals surface area contributed by atoms with E-state index in [0.29, 0.717) is 6.54 Å². The zero-order chi connectivity index (χ0) is 15.9. The first-order chi connectivity index (χ1) is 10.5. The van der Waals surface area contributed by atoms with E-state index in [-0.39, 0.29) is 24.4 Å². The summed E-state index contributed by atoms with van der Waals surface area (Å²) in [5.74, 6) is 0.0874. The Kier molecular flexibility index (Phi) is 5.55. The van der Waals surface area contributed by atoms with Gasteiger partial charge in [-0.05, 0) is 50.6 Å². The minimum absolute atomic E-state index is 0. The van der Waals surface area contributed by atoms with Crippen LogP contribution in [0.1, 0.15) is 28.2 Å². The summed E-state index contributed by atoms with van der Waals surface area (Å²) in [5.41, 5.74) is 9.79. The standard InChI is InChI=1S/C17H20BrN3O.ClH/c1-11-9-16(17(22)20-8-7-14(19)10-20)12(2)21(11)15-5-3-13(18)4-6-15;/h3-6,9,14H,7-8,10,19H2,1-2H3;1H/t14-;/m1./s1. The number of amides is 1. The molecule has 2 aromatic rings. The summed E-state index contributed by atoms with van der Waals surface area (Å²) >= 11 is 3.45. The van der Waals surface area contributed by atoms with Crippen molar-refractivity contribution in [3.05, 3.63) is 51.8 Å². The van der Waals surface area contributed by atoms with Gasteiger partial charge in [-0.25, -0.2) is 0 Å². The van der Waals surface area contributed by atoms with Crippen LogP contribution < -0.4 is 5.73 Å². The van der Waals surface area contributed by atoms with E-state index in [2.05, 4.69) is 20.5 Å². The van der Waals surface area contributed by atoms with Crippen molar-refractivity contribution in [2.24, 2.45) is 5.73 Å². The first-order valence-electron chi connectivity index (χ1n) is 7.47. The molecule has 1 fully saturated rings. The number of nitrogens with two attached hydrogens (primary N) is 1. The Balaban J connectivity index is 0.00000192. The lowest BCUT2D eigenvalue weighted by Gasteiger charge is -2.16. The minimum atomic E-state index is 0. The van der Waals surface area contributed by atoms with E-state index in [0.717, 1.165) is 40.1 Å². The van der Waals surface area contributed by atoms with E-state index in [1.165, 1.54) is 0 Å². The summed E-state index contributed by atoms with van der Waals surface area (Å²) < 4.78 is 3.16. The summed E-state index contributed by atoms with van der Waals surface area (Å²) in [4.78, 5) is 14.6. The molecule has 0 radical (unpaired) electrons. The van der Waals surface area contributed by atoms with E-state index in [1.54, 1.807) is 0 Å². The van der Waals surface area contributed by atoms with Crippen molar-refractivity contribution in [1.29, 1.82) is 0 Å². The van der Waals surface area contributed by atoms with Gasteiger partial charge in [0.05, 0.1) is 5.56 Å². The molecule has 1 atom stereocenters. The molecule has 3 rings (SSSR count). The number of benzene rings is 1. The van der Waals surface area contributed by atoms with Crippen LogP contribution in [0, 0.1) is 13.8 Å². The molecular formula is C17H21BrClN3O. The lowest BCUT2D eigenvalue weighted by atomic mass is 10.2. The highest BCUT2D eigenvalue weighted by atomic mass is 79.9. The van der Waals surface area contributed by atoms with Crippen molar-refractivity contribution in [3.8, 4) is 5.69 Å². The normalized spacial score (nSPS) is 17.2. The molecule has 1 aromatic carbocycles. The highest BCUT2D eigenvalue weighted by Gasteiger charge is 2.27. The fourth-order valence-electron chi connectivity index (χ4n) is 3.11. The number of aryl methyl sites for hydroxylation is 1. The number of halogens is 2. The van der Waals surface area contributed by atoms with Crippen LogP contribution in [-0.4, -0.2) is 34.5 Å². The largest absolute Gasteiger partial charge is 0.337 e. The second-order valence-corrected chi connectivity index (χ2v) is 6.81. The van der Waals surface area contributed by atoms with E-state index in [1.807, 2.05) is 49.1 Å². The van der Waals surface area contributed by atoms with Crippen molar-refractivity contribution >= 4 is 34.2 Å². The molecule has 23 heavy (non-hydrogen) atoms. The van der Waals surface area contributed by atoms with Crippen LogP contribution in [0.3, 0.4) is 0 Å². The molecule has 1 amide bonds. The smallest absolute Gasteiger partial charge is 0.255 e. The monoisotopic (exact) mass is 397 g/mol. The van der Waals surface area contributed by atoms with Gasteiger partial charge in [-0.1, -0.05) is 15.9 Å². The molecule has 1 saturated heterocycles. The number of hydrogen-bond donors (Lipinski definition) is 1. The van der Waals surface area contributed by atoms with Crippen LogP contribution in [0.25, 0.3) is 5.69 Å². The fraction of sp³-hybridized carbons (Fsp3) is 0.353. The first-order valence-corrected chi connectivity index (χ1v) is 8.26. The van der Waals surface area contributed by atoms with Crippen LogP contribution in [0.4, 0.5) is 0 Å². The van der Waals surface area contributed by atoms with Gasteiger partial charge in [-0.3, -0.25) is 4.79 Å². The lowest BCUT2D eigenvalue weighted by molar-refractivity contribution is 0.0790.